The molecule has 0 saturated carbocycles. The highest BCUT2D eigenvalue weighted by molar-refractivity contribution is 7.92. The van der Waals surface area contributed by atoms with Gasteiger partial charge in [0, 0.05) is 6.20 Å². The summed E-state index contributed by atoms with van der Waals surface area (Å²) in [5.74, 6) is 0.144. The highest BCUT2D eigenvalue weighted by Gasteiger charge is 2.15. The molecule has 0 saturated heterocycles. The molecule has 1 aromatic heterocycles. The van der Waals surface area contributed by atoms with Crippen molar-refractivity contribution < 1.29 is 8.42 Å². The standard InChI is InChI=1S/C14H17N3O2S/c1-2-4-11-6-8-12(9-7-11)20(18,19)17-14-13(15)5-3-10-16-14/h3,5-10H,2,4,15H2,1H3,(H,16,17). The van der Waals surface area contributed by atoms with Crippen molar-refractivity contribution in [3.63, 3.8) is 0 Å². The number of hydrogen-bond donors (Lipinski definition) is 2. The second kappa shape index (κ2) is 5.92. The van der Waals surface area contributed by atoms with Crippen molar-refractivity contribution in [2.45, 2.75) is 24.7 Å². The summed E-state index contributed by atoms with van der Waals surface area (Å²) >= 11 is 0. The fraction of sp³-hybridized carbons (Fsp3) is 0.214. The fourth-order valence-corrected chi connectivity index (χ4v) is 2.85. The Labute approximate surface area is 118 Å². The fourth-order valence-electron chi connectivity index (χ4n) is 1.81. The Kier molecular flexibility index (Phi) is 4.24. The number of sulfonamides is 1. The van der Waals surface area contributed by atoms with Crippen LogP contribution >= 0.6 is 0 Å². The Balaban J connectivity index is 2.24. The third-order valence-electron chi connectivity index (χ3n) is 2.84. The van der Waals surface area contributed by atoms with Crippen LogP contribution in [0.25, 0.3) is 0 Å². The Morgan fingerprint density at radius 1 is 1.20 bits per heavy atom. The minimum absolute atomic E-state index is 0.144. The quantitative estimate of drug-likeness (QED) is 0.886. The maximum Gasteiger partial charge on any atom is 0.263 e. The van der Waals surface area contributed by atoms with E-state index < -0.39 is 10.0 Å². The van der Waals surface area contributed by atoms with Gasteiger partial charge in [0.2, 0.25) is 0 Å². The highest BCUT2D eigenvalue weighted by Crippen LogP contribution is 2.19. The molecule has 0 atom stereocenters. The van der Waals surface area contributed by atoms with Gasteiger partial charge >= 0.3 is 0 Å². The van der Waals surface area contributed by atoms with Gasteiger partial charge in [0.15, 0.2) is 5.82 Å². The largest absolute Gasteiger partial charge is 0.396 e. The molecule has 2 rings (SSSR count). The number of nitrogens with one attached hydrogen (secondary N) is 1. The molecule has 0 radical (unpaired) electrons. The minimum Gasteiger partial charge on any atom is -0.396 e. The first kappa shape index (κ1) is 14.3. The molecule has 1 heterocycles. The lowest BCUT2D eigenvalue weighted by atomic mass is 10.1. The normalized spacial score (nSPS) is 11.2. The first-order valence-electron chi connectivity index (χ1n) is 6.35. The number of nitrogens with zero attached hydrogens (tertiary/aromatic N) is 1. The van der Waals surface area contributed by atoms with Gasteiger partial charge < -0.3 is 5.73 Å². The van der Waals surface area contributed by atoms with Crippen molar-refractivity contribution in [2.75, 3.05) is 10.5 Å². The first-order chi connectivity index (χ1) is 9.53. The zero-order valence-electron chi connectivity index (χ0n) is 11.2. The maximum atomic E-state index is 12.2. The summed E-state index contributed by atoms with van der Waals surface area (Å²) in [5, 5.41) is 0. The lowest BCUT2D eigenvalue weighted by molar-refractivity contribution is 0.601. The van der Waals surface area contributed by atoms with Crippen LogP contribution in [0, 0.1) is 0 Å². The molecule has 0 fully saturated rings. The van der Waals surface area contributed by atoms with Gasteiger partial charge in [-0.15, -0.1) is 0 Å². The molecule has 5 nitrogen and oxygen atoms in total. The SMILES string of the molecule is CCCc1ccc(S(=O)(=O)Nc2ncccc2N)cc1. The molecule has 0 aliphatic heterocycles. The van der Waals surface area contributed by atoms with Gasteiger partial charge in [-0.2, -0.15) is 0 Å². The molecule has 6 heteroatoms. The summed E-state index contributed by atoms with van der Waals surface area (Å²) in [7, 11) is -3.66. The van der Waals surface area contributed by atoms with Gasteiger partial charge in [-0.25, -0.2) is 13.4 Å². The van der Waals surface area contributed by atoms with Crippen molar-refractivity contribution in [2.24, 2.45) is 0 Å². The summed E-state index contributed by atoms with van der Waals surface area (Å²) < 4.78 is 26.8. The van der Waals surface area contributed by atoms with E-state index in [2.05, 4.69) is 16.6 Å². The molecular formula is C14H17N3O2S. The molecule has 0 spiro atoms. The van der Waals surface area contributed by atoms with Crippen LogP contribution < -0.4 is 10.5 Å². The molecule has 0 aliphatic carbocycles. The molecule has 3 N–H and O–H groups in total. The Bertz CT molecular complexity index is 682. The Morgan fingerprint density at radius 2 is 1.90 bits per heavy atom. The van der Waals surface area contributed by atoms with Crippen LogP contribution in [-0.2, 0) is 16.4 Å². The minimum atomic E-state index is -3.66. The van der Waals surface area contributed by atoms with Crippen LogP contribution in [0.15, 0.2) is 47.5 Å². The number of aryl methyl sites for hydroxylation is 1. The van der Waals surface area contributed by atoms with Crippen LogP contribution in [0.2, 0.25) is 0 Å². The van der Waals surface area contributed by atoms with Gasteiger partial charge in [-0.05, 0) is 36.2 Å². The van der Waals surface area contributed by atoms with E-state index in [9.17, 15) is 8.42 Å². The summed E-state index contributed by atoms with van der Waals surface area (Å²) in [6.07, 6.45) is 3.44. The second-order valence-electron chi connectivity index (χ2n) is 4.44. The van der Waals surface area contributed by atoms with Crippen molar-refractivity contribution in [1.82, 2.24) is 4.98 Å². The highest BCUT2D eigenvalue weighted by atomic mass is 32.2. The number of benzene rings is 1. The van der Waals surface area contributed by atoms with Crippen LogP contribution in [0.3, 0.4) is 0 Å². The van der Waals surface area contributed by atoms with Crippen molar-refractivity contribution >= 4 is 21.5 Å². The summed E-state index contributed by atoms with van der Waals surface area (Å²) in [6, 6.07) is 10.1. The molecule has 0 aliphatic rings. The number of anilines is 2. The molecule has 2 aromatic rings. The monoisotopic (exact) mass is 291 g/mol. The summed E-state index contributed by atoms with van der Waals surface area (Å²) in [4.78, 5) is 4.12. The van der Waals surface area contributed by atoms with Gasteiger partial charge in [-0.3, -0.25) is 4.72 Å². The van der Waals surface area contributed by atoms with E-state index in [4.69, 9.17) is 5.73 Å². The molecule has 1 aromatic carbocycles. The maximum absolute atomic E-state index is 12.2. The van der Waals surface area contributed by atoms with Gasteiger partial charge in [0.25, 0.3) is 10.0 Å². The van der Waals surface area contributed by atoms with Crippen LogP contribution in [-0.4, -0.2) is 13.4 Å². The molecule has 106 valence electrons. The van der Waals surface area contributed by atoms with E-state index in [1.54, 1.807) is 24.3 Å². The van der Waals surface area contributed by atoms with E-state index in [1.807, 2.05) is 12.1 Å². The third kappa shape index (κ3) is 3.27. The lowest BCUT2D eigenvalue weighted by Gasteiger charge is -2.09. The van der Waals surface area contributed by atoms with E-state index in [0.29, 0.717) is 5.69 Å². The number of nitrogens with two attached hydrogens (primary N) is 1. The van der Waals surface area contributed by atoms with Crippen LogP contribution in [0.1, 0.15) is 18.9 Å². The molecule has 0 unspecified atom stereocenters. The van der Waals surface area contributed by atoms with E-state index in [0.717, 1.165) is 18.4 Å². The number of rotatable bonds is 5. The molecule has 20 heavy (non-hydrogen) atoms. The Morgan fingerprint density at radius 3 is 2.50 bits per heavy atom. The number of hydrogen-bond acceptors (Lipinski definition) is 4. The topological polar surface area (TPSA) is 85.1 Å². The molecular weight excluding hydrogens is 274 g/mol. The third-order valence-corrected chi connectivity index (χ3v) is 4.20. The zero-order chi connectivity index (χ0) is 14.6. The molecule has 0 amide bonds. The predicted octanol–water partition coefficient (Wildman–Crippen LogP) is 2.42. The van der Waals surface area contributed by atoms with Crippen molar-refractivity contribution in [1.29, 1.82) is 0 Å². The second-order valence-corrected chi connectivity index (χ2v) is 6.12. The van der Waals surface area contributed by atoms with Gasteiger partial charge in [0.1, 0.15) is 0 Å². The zero-order valence-corrected chi connectivity index (χ0v) is 12.0. The summed E-state index contributed by atoms with van der Waals surface area (Å²) in [6.45, 7) is 2.08. The average Bonchev–Trinajstić information content (AvgIpc) is 2.42. The first-order valence-corrected chi connectivity index (χ1v) is 7.83. The average molecular weight is 291 g/mol. The van der Waals surface area contributed by atoms with Gasteiger partial charge in [0.05, 0.1) is 10.6 Å². The Hall–Kier alpha value is -2.08. The van der Waals surface area contributed by atoms with Crippen molar-refractivity contribution in [3.05, 3.63) is 48.2 Å². The van der Waals surface area contributed by atoms with Crippen LogP contribution in [0.5, 0.6) is 0 Å². The number of nitrogen functional groups attached to an aromatic ring is 1. The number of aromatic nitrogens is 1. The van der Waals surface area contributed by atoms with E-state index in [-0.39, 0.29) is 10.7 Å². The predicted molar refractivity (Wildman–Crippen MR) is 79.9 cm³/mol. The summed E-state index contributed by atoms with van der Waals surface area (Å²) in [5.41, 5.74) is 7.09. The van der Waals surface area contributed by atoms with E-state index >= 15 is 0 Å². The smallest absolute Gasteiger partial charge is 0.263 e. The van der Waals surface area contributed by atoms with Crippen LogP contribution in [0.4, 0.5) is 11.5 Å². The van der Waals surface area contributed by atoms with E-state index in [1.165, 1.54) is 6.20 Å². The molecule has 0 bridgehead atoms. The lowest BCUT2D eigenvalue weighted by Crippen LogP contribution is -2.15. The van der Waals surface area contributed by atoms with Crippen molar-refractivity contribution in [3.8, 4) is 0 Å². The number of pyridine rings is 1. The van der Waals surface area contributed by atoms with Gasteiger partial charge in [-0.1, -0.05) is 25.5 Å².